The first-order chi connectivity index (χ1) is 10.1. The molecule has 104 valence electrons. The summed E-state index contributed by atoms with van der Waals surface area (Å²) in [5, 5.41) is 0. The minimum Gasteiger partial charge on any atom is -0.399 e. The number of pyridine rings is 2. The summed E-state index contributed by atoms with van der Waals surface area (Å²) < 4.78 is 0. The van der Waals surface area contributed by atoms with Gasteiger partial charge in [-0.05, 0) is 56.3 Å². The molecule has 2 N–H and O–H groups in total. The van der Waals surface area contributed by atoms with E-state index in [1.165, 1.54) is 0 Å². The minimum absolute atomic E-state index is 0.717. The molecule has 0 saturated carbocycles. The number of rotatable bonds is 2. The lowest BCUT2D eigenvalue weighted by atomic mass is 10.0. The second-order valence-electron chi connectivity index (χ2n) is 5.17. The Bertz CT molecular complexity index is 730. The second kappa shape index (κ2) is 5.37. The zero-order chi connectivity index (χ0) is 14.8. The molecule has 0 aliphatic carbocycles. The predicted molar refractivity (Wildman–Crippen MR) is 86.8 cm³/mol. The van der Waals surface area contributed by atoms with Crippen molar-refractivity contribution in [2.45, 2.75) is 13.8 Å². The maximum atomic E-state index is 6.05. The number of nitrogens with two attached hydrogens (primary N) is 1. The number of aryl methyl sites for hydroxylation is 2. The topological polar surface area (TPSA) is 51.8 Å². The van der Waals surface area contributed by atoms with Gasteiger partial charge in [0.1, 0.15) is 0 Å². The highest BCUT2D eigenvalue weighted by molar-refractivity contribution is 5.74. The van der Waals surface area contributed by atoms with Crippen molar-refractivity contribution in [3.63, 3.8) is 0 Å². The molecule has 0 atom stereocenters. The SMILES string of the molecule is Cc1cccc(-c2cc(N)cc(-c3cccc(C)n3)c2)n1. The Balaban J connectivity index is 2.12. The Hall–Kier alpha value is -2.68. The van der Waals surface area contributed by atoms with Crippen LogP contribution in [0.15, 0.2) is 54.6 Å². The average Bonchev–Trinajstić information content (AvgIpc) is 2.46. The Morgan fingerprint density at radius 1 is 0.714 bits per heavy atom. The van der Waals surface area contributed by atoms with E-state index in [0.29, 0.717) is 5.69 Å². The standard InChI is InChI=1S/C18H17N3/c1-12-5-3-7-17(20-12)14-9-15(11-16(19)10-14)18-8-4-6-13(2)21-18/h3-11H,19H2,1-2H3. The van der Waals surface area contributed by atoms with Crippen molar-refractivity contribution in [3.8, 4) is 22.5 Å². The Morgan fingerprint density at radius 2 is 1.19 bits per heavy atom. The Morgan fingerprint density at radius 3 is 1.62 bits per heavy atom. The van der Waals surface area contributed by atoms with E-state index in [1.807, 2.05) is 62.4 Å². The van der Waals surface area contributed by atoms with Gasteiger partial charge >= 0.3 is 0 Å². The van der Waals surface area contributed by atoms with E-state index in [-0.39, 0.29) is 0 Å². The van der Waals surface area contributed by atoms with E-state index in [2.05, 4.69) is 16.0 Å². The maximum absolute atomic E-state index is 6.05. The number of hydrogen-bond donors (Lipinski definition) is 1. The van der Waals surface area contributed by atoms with Gasteiger partial charge in [-0.25, -0.2) is 0 Å². The number of nitrogen functional groups attached to an aromatic ring is 1. The molecule has 0 aliphatic rings. The summed E-state index contributed by atoms with van der Waals surface area (Å²) in [6.07, 6.45) is 0. The molecule has 0 aliphatic heterocycles. The first kappa shape index (κ1) is 13.3. The van der Waals surface area contributed by atoms with E-state index < -0.39 is 0 Å². The Labute approximate surface area is 124 Å². The van der Waals surface area contributed by atoms with Crippen LogP contribution >= 0.6 is 0 Å². The van der Waals surface area contributed by atoms with Crippen LogP contribution in [0, 0.1) is 13.8 Å². The molecule has 0 unspecified atom stereocenters. The fourth-order valence-electron chi connectivity index (χ4n) is 2.36. The molecule has 1 aromatic carbocycles. The molecule has 2 heterocycles. The van der Waals surface area contributed by atoms with Crippen LogP contribution in [0.5, 0.6) is 0 Å². The molecule has 0 saturated heterocycles. The third-order valence-electron chi connectivity index (χ3n) is 3.32. The molecule has 0 spiro atoms. The van der Waals surface area contributed by atoms with Gasteiger partial charge in [-0.3, -0.25) is 9.97 Å². The van der Waals surface area contributed by atoms with E-state index in [0.717, 1.165) is 33.9 Å². The Kier molecular flexibility index (Phi) is 3.40. The van der Waals surface area contributed by atoms with Gasteiger partial charge in [0.2, 0.25) is 0 Å². The summed E-state index contributed by atoms with van der Waals surface area (Å²) >= 11 is 0. The van der Waals surface area contributed by atoms with Crippen LogP contribution in [-0.2, 0) is 0 Å². The third kappa shape index (κ3) is 2.92. The summed E-state index contributed by atoms with van der Waals surface area (Å²) in [6, 6.07) is 17.9. The summed E-state index contributed by atoms with van der Waals surface area (Å²) in [7, 11) is 0. The first-order valence-electron chi connectivity index (χ1n) is 6.90. The molecule has 3 rings (SSSR count). The predicted octanol–water partition coefficient (Wildman–Crippen LogP) is 4.01. The van der Waals surface area contributed by atoms with E-state index in [4.69, 9.17) is 5.73 Å². The highest BCUT2D eigenvalue weighted by Crippen LogP contribution is 2.27. The van der Waals surface area contributed by atoms with Gasteiger partial charge in [0.25, 0.3) is 0 Å². The van der Waals surface area contributed by atoms with Gasteiger partial charge in [0.05, 0.1) is 11.4 Å². The van der Waals surface area contributed by atoms with Crippen molar-refractivity contribution in [2.75, 3.05) is 5.73 Å². The zero-order valence-corrected chi connectivity index (χ0v) is 12.2. The highest BCUT2D eigenvalue weighted by atomic mass is 14.7. The normalized spacial score (nSPS) is 10.6. The van der Waals surface area contributed by atoms with Gasteiger partial charge < -0.3 is 5.73 Å². The molecule has 3 nitrogen and oxygen atoms in total. The smallest absolute Gasteiger partial charge is 0.0706 e. The first-order valence-corrected chi connectivity index (χ1v) is 6.90. The maximum Gasteiger partial charge on any atom is 0.0706 e. The van der Waals surface area contributed by atoms with Crippen molar-refractivity contribution in [2.24, 2.45) is 0 Å². The largest absolute Gasteiger partial charge is 0.399 e. The van der Waals surface area contributed by atoms with Crippen molar-refractivity contribution >= 4 is 5.69 Å². The van der Waals surface area contributed by atoms with Crippen LogP contribution in [-0.4, -0.2) is 9.97 Å². The van der Waals surface area contributed by atoms with Crippen molar-refractivity contribution in [3.05, 3.63) is 66.0 Å². The monoisotopic (exact) mass is 275 g/mol. The van der Waals surface area contributed by atoms with Gasteiger partial charge in [-0.2, -0.15) is 0 Å². The molecule has 3 heteroatoms. The molecule has 3 aromatic rings. The average molecular weight is 275 g/mol. The molecule has 2 aromatic heterocycles. The van der Waals surface area contributed by atoms with Crippen molar-refractivity contribution < 1.29 is 0 Å². The molecule has 0 radical (unpaired) electrons. The molecule has 21 heavy (non-hydrogen) atoms. The van der Waals surface area contributed by atoms with Crippen molar-refractivity contribution in [1.82, 2.24) is 9.97 Å². The van der Waals surface area contributed by atoms with Gasteiger partial charge in [0.15, 0.2) is 0 Å². The number of aromatic nitrogens is 2. The zero-order valence-electron chi connectivity index (χ0n) is 12.2. The fraction of sp³-hybridized carbons (Fsp3) is 0.111. The van der Waals surface area contributed by atoms with Gasteiger partial charge in [-0.1, -0.05) is 12.1 Å². The summed E-state index contributed by atoms with van der Waals surface area (Å²) in [5.74, 6) is 0. The van der Waals surface area contributed by atoms with E-state index in [1.54, 1.807) is 0 Å². The molecule has 0 amide bonds. The van der Waals surface area contributed by atoms with Crippen molar-refractivity contribution in [1.29, 1.82) is 0 Å². The summed E-state index contributed by atoms with van der Waals surface area (Å²) in [4.78, 5) is 9.12. The highest BCUT2D eigenvalue weighted by Gasteiger charge is 2.06. The number of nitrogens with zero attached hydrogens (tertiary/aromatic N) is 2. The van der Waals surface area contributed by atoms with Crippen LogP contribution in [0.3, 0.4) is 0 Å². The fourth-order valence-corrected chi connectivity index (χ4v) is 2.36. The lowest BCUT2D eigenvalue weighted by Crippen LogP contribution is -1.93. The van der Waals surface area contributed by atoms with Crippen LogP contribution < -0.4 is 5.73 Å². The number of anilines is 1. The number of hydrogen-bond acceptors (Lipinski definition) is 3. The third-order valence-corrected chi connectivity index (χ3v) is 3.32. The van der Waals surface area contributed by atoms with Gasteiger partial charge in [-0.15, -0.1) is 0 Å². The van der Waals surface area contributed by atoms with Crippen LogP contribution in [0.2, 0.25) is 0 Å². The van der Waals surface area contributed by atoms with E-state index >= 15 is 0 Å². The molecular weight excluding hydrogens is 258 g/mol. The quantitative estimate of drug-likeness (QED) is 0.719. The lowest BCUT2D eigenvalue weighted by Gasteiger charge is -2.08. The summed E-state index contributed by atoms with van der Waals surface area (Å²) in [6.45, 7) is 3.97. The summed E-state index contributed by atoms with van der Waals surface area (Å²) in [5.41, 5.74) is 12.6. The van der Waals surface area contributed by atoms with E-state index in [9.17, 15) is 0 Å². The van der Waals surface area contributed by atoms with Gasteiger partial charge in [0, 0.05) is 28.2 Å². The van der Waals surface area contributed by atoms with Crippen LogP contribution in [0.1, 0.15) is 11.4 Å². The minimum atomic E-state index is 0.717. The van der Waals surface area contributed by atoms with Crippen LogP contribution in [0.25, 0.3) is 22.5 Å². The lowest BCUT2D eigenvalue weighted by molar-refractivity contribution is 1.20. The molecule has 0 bridgehead atoms. The molecular formula is C18H17N3. The van der Waals surface area contributed by atoms with Crippen LogP contribution in [0.4, 0.5) is 5.69 Å². The molecule has 0 fully saturated rings. The number of benzene rings is 1. The second-order valence-corrected chi connectivity index (χ2v) is 5.17.